The molecular formula is C24H18F5N3O. The van der Waals surface area contributed by atoms with Crippen molar-refractivity contribution in [3.05, 3.63) is 102 Å². The van der Waals surface area contributed by atoms with Crippen LogP contribution in [0, 0.1) is 11.6 Å². The number of hydrogen-bond donors (Lipinski definition) is 1. The number of pyridine rings is 1. The van der Waals surface area contributed by atoms with E-state index >= 15 is 0 Å². The second-order valence-electron chi connectivity index (χ2n) is 7.53. The summed E-state index contributed by atoms with van der Waals surface area (Å²) in [4.78, 5) is 17.1. The lowest BCUT2D eigenvalue weighted by Crippen LogP contribution is -2.34. The number of aromatic nitrogens is 2. The van der Waals surface area contributed by atoms with E-state index in [1.807, 2.05) is 0 Å². The van der Waals surface area contributed by atoms with Gasteiger partial charge in [-0.3, -0.25) is 9.78 Å². The molecule has 0 fully saturated rings. The minimum Gasteiger partial charge on any atom is -0.346 e. The highest BCUT2D eigenvalue weighted by Crippen LogP contribution is 2.34. The Kier molecular flexibility index (Phi) is 6.13. The number of nitrogens with zero attached hydrogens (tertiary/aromatic N) is 2. The zero-order valence-electron chi connectivity index (χ0n) is 17.1. The van der Waals surface area contributed by atoms with Crippen LogP contribution in [0.5, 0.6) is 0 Å². The van der Waals surface area contributed by atoms with Crippen LogP contribution in [0.2, 0.25) is 0 Å². The number of rotatable bonds is 6. The number of alkyl halides is 3. The second-order valence-corrected chi connectivity index (χ2v) is 7.53. The average molecular weight is 459 g/mol. The smallest absolute Gasteiger partial charge is 0.346 e. The van der Waals surface area contributed by atoms with Gasteiger partial charge in [0.15, 0.2) is 0 Å². The number of nitrogens with one attached hydrogen (secondary N) is 1. The lowest BCUT2D eigenvalue weighted by molar-refractivity contribution is -0.143. The van der Waals surface area contributed by atoms with Crippen molar-refractivity contribution in [2.75, 3.05) is 0 Å². The molecule has 1 N–H and O–H groups in total. The van der Waals surface area contributed by atoms with Crippen LogP contribution in [-0.2, 0) is 23.9 Å². The first kappa shape index (κ1) is 22.4. The van der Waals surface area contributed by atoms with Gasteiger partial charge in [0.1, 0.15) is 23.9 Å². The molecule has 33 heavy (non-hydrogen) atoms. The molecule has 4 aromatic rings. The van der Waals surface area contributed by atoms with Crippen LogP contribution >= 0.6 is 0 Å². The molecule has 0 spiro atoms. The molecule has 2 aromatic carbocycles. The molecule has 0 aliphatic heterocycles. The topological polar surface area (TPSA) is 46.9 Å². The van der Waals surface area contributed by atoms with Crippen LogP contribution in [0.1, 0.15) is 23.0 Å². The van der Waals surface area contributed by atoms with Crippen molar-refractivity contribution in [3.63, 3.8) is 0 Å². The minimum atomic E-state index is -4.65. The highest BCUT2D eigenvalue weighted by Gasteiger charge is 2.36. The summed E-state index contributed by atoms with van der Waals surface area (Å²) in [6.07, 6.45) is -3.17. The number of halogens is 5. The van der Waals surface area contributed by atoms with E-state index in [0.29, 0.717) is 11.1 Å². The molecule has 1 atom stereocenters. The van der Waals surface area contributed by atoms with E-state index in [2.05, 4.69) is 10.3 Å². The Balaban J connectivity index is 1.63. The van der Waals surface area contributed by atoms with Gasteiger partial charge in [-0.05, 0) is 48.4 Å². The molecule has 0 aliphatic carbocycles. The van der Waals surface area contributed by atoms with Crippen molar-refractivity contribution in [1.29, 1.82) is 0 Å². The SMILES string of the molecule is O=C(Cn1c(C(F)(F)F)cc2ccccc21)NC(Cc1cc(F)cc(F)c1)c1ccccn1. The predicted octanol–water partition coefficient (Wildman–Crippen LogP) is 5.43. The number of amides is 1. The summed E-state index contributed by atoms with van der Waals surface area (Å²) in [6, 6.07) is 14.4. The van der Waals surface area contributed by atoms with E-state index in [4.69, 9.17) is 0 Å². The van der Waals surface area contributed by atoms with Crippen molar-refractivity contribution in [2.45, 2.75) is 25.2 Å². The molecule has 0 saturated heterocycles. The maximum absolute atomic E-state index is 13.6. The fourth-order valence-corrected chi connectivity index (χ4v) is 3.78. The van der Waals surface area contributed by atoms with Gasteiger partial charge < -0.3 is 9.88 Å². The molecule has 2 heterocycles. The number of carbonyl (C=O) groups excluding carboxylic acids is 1. The van der Waals surface area contributed by atoms with Crippen LogP contribution in [0.3, 0.4) is 0 Å². The van der Waals surface area contributed by atoms with E-state index in [1.165, 1.54) is 18.3 Å². The van der Waals surface area contributed by atoms with E-state index < -0.39 is 42.0 Å². The van der Waals surface area contributed by atoms with Crippen molar-refractivity contribution >= 4 is 16.8 Å². The van der Waals surface area contributed by atoms with Crippen LogP contribution in [-0.4, -0.2) is 15.5 Å². The number of benzene rings is 2. The summed E-state index contributed by atoms with van der Waals surface area (Å²) in [5.74, 6) is -2.25. The van der Waals surface area contributed by atoms with E-state index in [-0.39, 0.29) is 17.5 Å². The molecule has 0 aliphatic rings. The van der Waals surface area contributed by atoms with Crippen molar-refractivity contribution in [2.24, 2.45) is 0 Å². The molecule has 1 amide bonds. The molecule has 4 nitrogen and oxygen atoms in total. The maximum atomic E-state index is 13.6. The number of para-hydroxylation sites is 1. The highest BCUT2D eigenvalue weighted by atomic mass is 19.4. The molecule has 0 bridgehead atoms. The summed E-state index contributed by atoms with van der Waals surface area (Å²) in [7, 11) is 0. The second kappa shape index (κ2) is 9.01. The first-order chi connectivity index (χ1) is 15.7. The standard InChI is InChI=1S/C24H18F5N3O/c25-17-9-15(10-18(26)13-17)11-20(19-6-3-4-8-30-19)31-23(33)14-32-21-7-2-1-5-16(21)12-22(32)24(27,28)29/h1-10,12-13,20H,11,14H2,(H,31,33). The van der Waals surface area contributed by atoms with E-state index in [0.717, 1.165) is 28.8 Å². The lowest BCUT2D eigenvalue weighted by atomic mass is 10.0. The zero-order chi connectivity index (χ0) is 23.6. The molecule has 0 saturated carbocycles. The number of carbonyl (C=O) groups is 1. The minimum absolute atomic E-state index is 0.00398. The quantitative estimate of drug-likeness (QED) is 0.391. The van der Waals surface area contributed by atoms with Crippen LogP contribution in [0.4, 0.5) is 22.0 Å². The van der Waals surface area contributed by atoms with Crippen molar-refractivity contribution in [1.82, 2.24) is 14.9 Å². The van der Waals surface area contributed by atoms with Crippen molar-refractivity contribution in [3.8, 4) is 0 Å². The zero-order valence-corrected chi connectivity index (χ0v) is 17.1. The third-order valence-corrected chi connectivity index (χ3v) is 5.14. The molecule has 170 valence electrons. The third kappa shape index (κ3) is 5.19. The Labute approximate surface area is 185 Å². The van der Waals surface area contributed by atoms with Crippen molar-refractivity contribution < 1.29 is 26.7 Å². The summed E-state index contributed by atoms with van der Waals surface area (Å²) in [5.41, 5.74) is -0.00298. The fourth-order valence-electron chi connectivity index (χ4n) is 3.78. The third-order valence-electron chi connectivity index (χ3n) is 5.14. The van der Waals surface area contributed by atoms with E-state index in [1.54, 1.807) is 30.3 Å². The Hall–Kier alpha value is -3.75. The van der Waals surface area contributed by atoms with Gasteiger partial charge in [-0.25, -0.2) is 8.78 Å². The highest BCUT2D eigenvalue weighted by molar-refractivity contribution is 5.84. The Morgan fingerprint density at radius 3 is 2.33 bits per heavy atom. The average Bonchev–Trinajstić information content (AvgIpc) is 3.12. The Morgan fingerprint density at radius 2 is 1.67 bits per heavy atom. The van der Waals surface area contributed by atoms with Gasteiger partial charge in [0.05, 0.1) is 11.7 Å². The molecule has 2 aromatic heterocycles. The Bertz CT molecular complexity index is 1260. The first-order valence-corrected chi connectivity index (χ1v) is 10.0. The first-order valence-electron chi connectivity index (χ1n) is 10.0. The van der Waals surface area contributed by atoms with Crippen LogP contribution < -0.4 is 5.32 Å². The molecule has 4 rings (SSSR count). The van der Waals surface area contributed by atoms with Gasteiger partial charge in [-0.15, -0.1) is 0 Å². The molecular weight excluding hydrogens is 441 g/mol. The molecule has 1 unspecified atom stereocenters. The molecule has 9 heteroatoms. The lowest BCUT2D eigenvalue weighted by Gasteiger charge is -2.20. The molecule has 0 radical (unpaired) electrons. The van der Waals surface area contributed by atoms with Gasteiger partial charge in [0, 0.05) is 23.2 Å². The number of fused-ring (bicyclic) bond motifs is 1. The van der Waals surface area contributed by atoms with Gasteiger partial charge in [0.2, 0.25) is 5.91 Å². The van der Waals surface area contributed by atoms with Gasteiger partial charge in [-0.2, -0.15) is 13.2 Å². The summed E-state index contributed by atoms with van der Waals surface area (Å²) in [5, 5.41) is 3.02. The largest absolute Gasteiger partial charge is 0.431 e. The van der Waals surface area contributed by atoms with Crippen LogP contribution in [0.25, 0.3) is 10.9 Å². The maximum Gasteiger partial charge on any atom is 0.431 e. The van der Waals surface area contributed by atoms with Gasteiger partial charge in [0.25, 0.3) is 0 Å². The van der Waals surface area contributed by atoms with E-state index in [9.17, 15) is 26.7 Å². The van der Waals surface area contributed by atoms with Crippen LogP contribution in [0.15, 0.2) is 72.9 Å². The van der Waals surface area contributed by atoms with Gasteiger partial charge in [-0.1, -0.05) is 24.3 Å². The summed E-state index contributed by atoms with van der Waals surface area (Å²) < 4.78 is 69.0. The van der Waals surface area contributed by atoms with Gasteiger partial charge >= 0.3 is 6.18 Å². The monoisotopic (exact) mass is 459 g/mol. The number of hydrogen-bond acceptors (Lipinski definition) is 2. The summed E-state index contributed by atoms with van der Waals surface area (Å²) in [6.45, 7) is -0.594. The predicted molar refractivity (Wildman–Crippen MR) is 112 cm³/mol. The Morgan fingerprint density at radius 1 is 0.970 bits per heavy atom. The summed E-state index contributed by atoms with van der Waals surface area (Å²) >= 11 is 0. The fraction of sp³-hybridized carbons (Fsp3) is 0.167. The normalized spacial score (nSPS) is 12.6.